The van der Waals surface area contributed by atoms with Gasteiger partial charge >= 0.3 is 5.97 Å². The van der Waals surface area contributed by atoms with Gasteiger partial charge in [0.1, 0.15) is 5.82 Å². The van der Waals surface area contributed by atoms with Gasteiger partial charge in [-0.1, -0.05) is 17.7 Å². The van der Waals surface area contributed by atoms with E-state index in [1.165, 1.54) is 13.2 Å². The second kappa shape index (κ2) is 10.3. The molecule has 29 heavy (non-hydrogen) atoms. The highest BCUT2D eigenvalue weighted by atomic mass is 35.5. The number of halogens is 2. The third kappa shape index (κ3) is 5.20. The summed E-state index contributed by atoms with van der Waals surface area (Å²) in [7, 11) is 3.18. The quantitative estimate of drug-likeness (QED) is 0.447. The number of nitrogens with one attached hydrogen (secondary N) is 1. The molecule has 0 saturated carbocycles. The second-order valence-corrected chi connectivity index (χ2v) is 8.01. The third-order valence-electron chi connectivity index (χ3n) is 5.91. The minimum atomic E-state index is -0.273. The Morgan fingerprint density at radius 3 is 2.59 bits per heavy atom. The normalized spacial score (nSPS) is 20.0. The molecule has 0 bridgehead atoms. The lowest BCUT2D eigenvalue weighted by Gasteiger charge is -2.35. The molecule has 160 valence electrons. The van der Waals surface area contributed by atoms with Crippen molar-refractivity contribution in [2.75, 3.05) is 46.9 Å². The van der Waals surface area contributed by atoms with Gasteiger partial charge in [-0.3, -0.25) is 14.7 Å². The Balaban J connectivity index is 1.68. The predicted octanol–water partition coefficient (Wildman–Crippen LogP) is 3.08. The van der Waals surface area contributed by atoms with Crippen LogP contribution in [0.5, 0.6) is 0 Å². The van der Waals surface area contributed by atoms with Crippen LogP contribution in [-0.2, 0) is 9.53 Å². The molecule has 1 N–H and O–H groups in total. The zero-order valence-electron chi connectivity index (χ0n) is 17.2. The molecule has 3 rings (SSSR count). The number of rotatable bonds is 5. The van der Waals surface area contributed by atoms with Crippen LogP contribution in [-0.4, -0.2) is 68.6 Å². The molecule has 2 saturated heterocycles. The Hall–Kier alpha value is -1.86. The molecule has 8 heteroatoms. The Bertz CT molecular complexity index is 711. The fourth-order valence-corrected chi connectivity index (χ4v) is 4.60. The number of carbonyl (C=O) groups is 1. The van der Waals surface area contributed by atoms with E-state index < -0.39 is 0 Å². The number of guanidine groups is 1. The van der Waals surface area contributed by atoms with Gasteiger partial charge in [-0.2, -0.15) is 0 Å². The van der Waals surface area contributed by atoms with E-state index in [-0.39, 0.29) is 23.7 Å². The van der Waals surface area contributed by atoms with Crippen LogP contribution in [0, 0.1) is 11.7 Å². The number of nitrogens with zero attached hydrogens (tertiary/aromatic N) is 3. The Morgan fingerprint density at radius 1 is 1.31 bits per heavy atom. The monoisotopic (exact) mass is 424 g/mol. The summed E-state index contributed by atoms with van der Waals surface area (Å²) in [6.07, 6.45) is 3.70. The summed E-state index contributed by atoms with van der Waals surface area (Å²) in [6.45, 7) is 3.84. The van der Waals surface area contributed by atoms with E-state index in [9.17, 15) is 9.18 Å². The first-order valence-electron chi connectivity index (χ1n) is 10.3. The summed E-state index contributed by atoms with van der Waals surface area (Å²) in [5, 5.41) is 3.88. The molecule has 2 heterocycles. The van der Waals surface area contributed by atoms with Gasteiger partial charge in [0.2, 0.25) is 0 Å². The van der Waals surface area contributed by atoms with Gasteiger partial charge in [-0.25, -0.2) is 4.39 Å². The molecule has 0 radical (unpaired) electrons. The fraction of sp³-hybridized carbons (Fsp3) is 0.619. The molecule has 1 aromatic rings. The summed E-state index contributed by atoms with van der Waals surface area (Å²) >= 11 is 6.38. The maximum atomic E-state index is 14.6. The van der Waals surface area contributed by atoms with Crippen LogP contribution in [0.4, 0.5) is 4.39 Å². The van der Waals surface area contributed by atoms with E-state index in [0.717, 1.165) is 57.8 Å². The maximum Gasteiger partial charge on any atom is 0.308 e. The number of hydrogen-bond donors (Lipinski definition) is 1. The summed E-state index contributed by atoms with van der Waals surface area (Å²) in [5.74, 6) is 0.301. The molecule has 2 fully saturated rings. The largest absolute Gasteiger partial charge is 0.469 e. The minimum absolute atomic E-state index is 0.0519. The number of hydrogen-bond acceptors (Lipinski definition) is 4. The predicted molar refractivity (Wildman–Crippen MR) is 113 cm³/mol. The molecule has 0 aromatic heterocycles. The van der Waals surface area contributed by atoms with Crippen molar-refractivity contribution < 1.29 is 13.9 Å². The van der Waals surface area contributed by atoms with Crippen molar-refractivity contribution in [2.24, 2.45) is 10.9 Å². The molecule has 1 aromatic carbocycles. The van der Waals surface area contributed by atoms with Crippen LogP contribution >= 0.6 is 11.6 Å². The summed E-state index contributed by atoms with van der Waals surface area (Å²) in [4.78, 5) is 20.6. The van der Waals surface area contributed by atoms with Crippen molar-refractivity contribution in [3.63, 3.8) is 0 Å². The van der Waals surface area contributed by atoms with Crippen LogP contribution in [0.25, 0.3) is 0 Å². The molecular formula is C21H30ClFN4O2. The van der Waals surface area contributed by atoms with Crippen LogP contribution in [0.1, 0.15) is 37.3 Å². The highest BCUT2D eigenvalue weighted by Crippen LogP contribution is 2.32. The van der Waals surface area contributed by atoms with Gasteiger partial charge in [-0.15, -0.1) is 0 Å². The highest BCUT2D eigenvalue weighted by Gasteiger charge is 2.30. The van der Waals surface area contributed by atoms with Gasteiger partial charge in [0.05, 0.1) is 19.1 Å². The Kier molecular flexibility index (Phi) is 7.72. The summed E-state index contributed by atoms with van der Waals surface area (Å²) in [5.41, 5.74) is 0.545. The SMILES string of the molecule is CN=C(NCC(c1c(F)cccc1Cl)N1CCCC1)N1CCC(C(=O)OC)CC1. The van der Waals surface area contributed by atoms with Crippen LogP contribution < -0.4 is 5.32 Å². The molecule has 2 aliphatic heterocycles. The number of carbonyl (C=O) groups excluding carboxylic acids is 1. The molecule has 0 amide bonds. The lowest BCUT2D eigenvalue weighted by Crippen LogP contribution is -2.48. The number of ether oxygens (including phenoxy) is 1. The molecule has 6 nitrogen and oxygen atoms in total. The first-order chi connectivity index (χ1) is 14.0. The van der Waals surface area contributed by atoms with Crippen molar-refractivity contribution in [2.45, 2.75) is 31.7 Å². The van der Waals surface area contributed by atoms with Crippen molar-refractivity contribution in [3.05, 3.63) is 34.6 Å². The number of piperidine rings is 1. The molecule has 2 aliphatic rings. The number of aliphatic imine (C=N–C) groups is 1. The number of methoxy groups -OCH3 is 1. The maximum absolute atomic E-state index is 14.6. The highest BCUT2D eigenvalue weighted by molar-refractivity contribution is 6.31. The van der Waals surface area contributed by atoms with E-state index in [4.69, 9.17) is 16.3 Å². The van der Waals surface area contributed by atoms with Gasteiger partial charge in [0.25, 0.3) is 0 Å². The molecular weight excluding hydrogens is 395 g/mol. The van der Waals surface area contributed by atoms with Crippen LogP contribution in [0.2, 0.25) is 5.02 Å². The molecule has 0 spiro atoms. The van der Waals surface area contributed by atoms with E-state index in [1.807, 2.05) is 0 Å². The molecule has 1 atom stereocenters. The van der Waals surface area contributed by atoms with Crippen LogP contribution in [0.3, 0.4) is 0 Å². The standard InChI is InChI=1S/C21H30ClFN4O2/c1-24-21(27-12-8-15(9-13-27)20(28)29-2)25-14-18(26-10-3-4-11-26)19-16(22)6-5-7-17(19)23/h5-7,15,18H,3-4,8-14H2,1-2H3,(H,24,25). The molecule has 1 unspecified atom stereocenters. The number of benzene rings is 1. The first kappa shape index (κ1) is 21.8. The van der Waals surface area contributed by atoms with Crippen molar-refractivity contribution >= 4 is 23.5 Å². The lowest BCUT2D eigenvalue weighted by molar-refractivity contribution is -0.146. The van der Waals surface area contributed by atoms with E-state index in [1.54, 1.807) is 19.2 Å². The fourth-order valence-electron chi connectivity index (χ4n) is 4.31. The van der Waals surface area contributed by atoms with Gasteiger partial charge in [0, 0.05) is 37.3 Å². The topological polar surface area (TPSA) is 57.2 Å². The summed E-state index contributed by atoms with van der Waals surface area (Å²) in [6, 6.07) is 4.70. The Labute approximate surface area is 177 Å². The number of likely N-dealkylation sites (tertiary alicyclic amines) is 2. The number of esters is 1. The average Bonchev–Trinajstić information content (AvgIpc) is 3.27. The zero-order valence-corrected chi connectivity index (χ0v) is 17.9. The zero-order chi connectivity index (χ0) is 20.8. The third-order valence-corrected chi connectivity index (χ3v) is 6.24. The average molecular weight is 425 g/mol. The van der Waals surface area contributed by atoms with Crippen molar-refractivity contribution in [1.82, 2.24) is 15.1 Å². The smallest absolute Gasteiger partial charge is 0.308 e. The van der Waals surface area contributed by atoms with Gasteiger partial charge in [0.15, 0.2) is 5.96 Å². The lowest BCUT2D eigenvalue weighted by atomic mass is 9.97. The molecule has 0 aliphatic carbocycles. The van der Waals surface area contributed by atoms with Gasteiger partial charge < -0.3 is 15.0 Å². The van der Waals surface area contributed by atoms with E-state index in [2.05, 4.69) is 20.1 Å². The van der Waals surface area contributed by atoms with E-state index in [0.29, 0.717) is 17.1 Å². The van der Waals surface area contributed by atoms with E-state index >= 15 is 0 Å². The first-order valence-corrected chi connectivity index (χ1v) is 10.6. The van der Waals surface area contributed by atoms with Crippen molar-refractivity contribution in [3.8, 4) is 0 Å². The van der Waals surface area contributed by atoms with Crippen LogP contribution in [0.15, 0.2) is 23.2 Å². The summed E-state index contributed by atoms with van der Waals surface area (Å²) < 4.78 is 19.5. The second-order valence-electron chi connectivity index (χ2n) is 7.61. The van der Waals surface area contributed by atoms with Gasteiger partial charge in [-0.05, 0) is 50.9 Å². The Morgan fingerprint density at radius 2 is 2.00 bits per heavy atom. The minimum Gasteiger partial charge on any atom is -0.469 e. The van der Waals surface area contributed by atoms with Crippen molar-refractivity contribution in [1.29, 1.82) is 0 Å².